The summed E-state index contributed by atoms with van der Waals surface area (Å²) in [6.45, 7) is 0. The quantitative estimate of drug-likeness (QED) is 0.788. The third-order valence-electron chi connectivity index (χ3n) is 1.60. The molecule has 0 aliphatic rings. The van der Waals surface area contributed by atoms with Crippen LogP contribution in [0.1, 0.15) is 10.4 Å². The second-order valence-corrected chi connectivity index (χ2v) is 2.90. The molecule has 0 atom stereocenters. The summed E-state index contributed by atoms with van der Waals surface area (Å²) >= 11 is 5.77. The van der Waals surface area contributed by atoms with Gasteiger partial charge < -0.3 is 10.1 Å². The van der Waals surface area contributed by atoms with Crippen molar-refractivity contribution in [1.29, 1.82) is 0 Å². The zero-order valence-electron chi connectivity index (χ0n) is 7.43. The van der Waals surface area contributed by atoms with Gasteiger partial charge in [-0.1, -0.05) is 11.6 Å². The molecule has 1 aromatic carbocycles. The SMILES string of the molecule is CNC(=O)c1cc(Cl)cc(OC)c1. The molecule has 1 rings (SSSR count). The van der Waals surface area contributed by atoms with Gasteiger partial charge in [-0.25, -0.2) is 0 Å². The standard InChI is InChI=1S/C9H10ClNO2/c1-11-9(12)6-3-7(10)5-8(4-6)13-2/h3-5H,1-2H3,(H,11,12). The van der Waals surface area contributed by atoms with Gasteiger partial charge >= 0.3 is 0 Å². The Morgan fingerprint density at radius 3 is 2.69 bits per heavy atom. The maximum Gasteiger partial charge on any atom is 0.251 e. The Morgan fingerprint density at radius 1 is 1.46 bits per heavy atom. The third kappa shape index (κ3) is 2.36. The highest BCUT2D eigenvalue weighted by molar-refractivity contribution is 6.31. The van der Waals surface area contributed by atoms with Crippen LogP contribution >= 0.6 is 11.6 Å². The lowest BCUT2D eigenvalue weighted by atomic mass is 10.2. The normalized spacial score (nSPS) is 9.46. The fourth-order valence-corrected chi connectivity index (χ4v) is 1.18. The van der Waals surface area contributed by atoms with Crippen molar-refractivity contribution in [3.05, 3.63) is 28.8 Å². The molecule has 4 heteroatoms. The molecule has 0 radical (unpaired) electrons. The number of hydrogen-bond donors (Lipinski definition) is 1. The van der Waals surface area contributed by atoms with Gasteiger partial charge in [-0.05, 0) is 18.2 Å². The van der Waals surface area contributed by atoms with Crippen molar-refractivity contribution < 1.29 is 9.53 Å². The molecule has 0 saturated carbocycles. The van der Waals surface area contributed by atoms with E-state index in [1.54, 1.807) is 25.2 Å². The summed E-state index contributed by atoms with van der Waals surface area (Å²) in [5.74, 6) is 0.395. The molecule has 0 unspecified atom stereocenters. The van der Waals surface area contributed by atoms with Crippen molar-refractivity contribution in [3.8, 4) is 5.75 Å². The van der Waals surface area contributed by atoms with E-state index in [0.717, 1.165) is 0 Å². The topological polar surface area (TPSA) is 38.3 Å². The van der Waals surface area contributed by atoms with Crippen molar-refractivity contribution in [3.63, 3.8) is 0 Å². The van der Waals surface area contributed by atoms with E-state index in [1.807, 2.05) is 0 Å². The summed E-state index contributed by atoms with van der Waals surface area (Å²) in [5, 5.41) is 2.99. The van der Waals surface area contributed by atoms with Gasteiger partial charge in [0.15, 0.2) is 0 Å². The van der Waals surface area contributed by atoms with Gasteiger partial charge in [0.05, 0.1) is 7.11 Å². The molecule has 1 N–H and O–H groups in total. The average Bonchev–Trinajstić information content (AvgIpc) is 2.15. The maximum atomic E-state index is 11.2. The van der Waals surface area contributed by atoms with Crippen molar-refractivity contribution in [2.75, 3.05) is 14.2 Å². The first-order valence-corrected chi connectivity index (χ1v) is 4.12. The van der Waals surface area contributed by atoms with Crippen LogP contribution in [0, 0.1) is 0 Å². The second-order valence-electron chi connectivity index (χ2n) is 2.46. The highest BCUT2D eigenvalue weighted by Gasteiger charge is 2.05. The summed E-state index contributed by atoms with van der Waals surface area (Å²) in [6, 6.07) is 4.86. The fraction of sp³-hybridized carbons (Fsp3) is 0.222. The Labute approximate surface area is 81.7 Å². The lowest BCUT2D eigenvalue weighted by Crippen LogP contribution is -2.17. The van der Waals surface area contributed by atoms with Crippen LogP contribution in [0.5, 0.6) is 5.75 Å². The van der Waals surface area contributed by atoms with Crippen LogP contribution in [-0.2, 0) is 0 Å². The Morgan fingerprint density at radius 2 is 2.15 bits per heavy atom. The van der Waals surface area contributed by atoms with Crippen LogP contribution in [0.4, 0.5) is 0 Å². The highest BCUT2D eigenvalue weighted by Crippen LogP contribution is 2.20. The fourth-order valence-electron chi connectivity index (χ4n) is 0.956. The van der Waals surface area contributed by atoms with E-state index in [2.05, 4.69) is 5.32 Å². The molecule has 70 valence electrons. The van der Waals surface area contributed by atoms with E-state index in [9.17, 15) is 4.79 Å². The van der Waals surface area contributed by atoms with Gasteiger partial charge in [-0.15, -0.1) is 0 Å². The van der Waals surface area contributed by atoms with Crippen molar-refractivity contribution in [1.82, 2.24) is 5.32 Å². The lowest BCUT2D eigenvalue weighted by molar-refractivity contribution is 0.0963. The molecule has 0 aliphatic heterocycles. The van der Waals surface area contributed by atoms with Crippen LogP contribution in [0.2, 0.25) is 5.02 Å². The molecular formula is C9H10ClNO2. The zero-order chi connectivity index (χ0) is 9.84. The predicted octanol–water partition coefficient (Wildman–Crippen LogP) is 1.71. The molecule has 13 heavy (non-hydrogen) atoms. The minimum Gasteiger partial charge on any atom is -0.497 e. The van der Waals surface area contributed by atoms with E-state index < -0.39 is 0 Å². The minimum absolute atomic E-state index is 0.180. The predicted molar refractivity (Wildman–Crippen MR) is 51.4 cm³/mol. The van der Waals surface area contributed by atoms with Gasteiger partial charge in [0.2, 0.25) is 0 Å². The van der Waals surface area contributed by atoms with Crippen molar-refractivity contribution >= 4 is 17.5 Å². The Hall–Kier alpha value is -1.22. The largest absolute Gasteiger partial charge is 0.497 e. The minimum atomic E-state index is -0.180. The van der Waals surface area contributed by atoms with Gasteiger partial charge in [0.1, 0.15) is 5.75 Å². The molecule has 0 aromatic heterocycles. The van der Waals surface area contributed by atoms with Crippen LogP contribution in [0.15, 0.2) is 18.2 Å². The third-order valence-corrected chi connectivity index (χ3v) is 1.81. The molecule has 0 spiro atoms. The summed E-state index contributed by atoms with van der Waals surface area (Å²) < 4.78 is 4.97. The molecule has 0 heterocycles. The first-order valence-electron chi connectivity index (χ1n) is 3.74. The van der Waals surface area contributed by atoms with Crippen molar-refractivity contribution in [2.45, 2.75) is 0 Å². The number of ether oxygens (including phenoxy) is 1. The van der Waals surface area contributed by atoms with Gasteiger partial charge in [0, 0.05) is 17.6 Å². The van der Waals surface area contributed by atoms with Gasteiger partial charge in [-0.2, -0.15) is 0 Å². The Kier molecular flexibility index (Phi) is 3.14. The molecule has 0 saturated heterocycles. The number of rotatable bonds is 2. The number of amides is 1. The molecule has 1 amide bonds. The van der Waals surface area contributed by atoms with Gasteiger partial charge in [-0.3, -0.25) is 4.79 Å². The second kappa shape index (κ2) is 4.14. The molecule has 0 bridgehead atoms. The first-order chi connectivity index (χ1) is 6.17. The van der Waals surface area contributed by atoms with E-state index in [1.165, 1.54) is 7.11 Å². The molecular weight excluding hydrogens is 190 g/mol. The van der Waals surface area contributed by atoms with Crippen LogP contribution in [0.3, 0.4) is 0 Å². The Balaban J connectivity index is 3.08. The number of methoxy groups -OCH3 is 1. The monoisotopic (exact) mass is 199 g/mol. The average molecular weight is 200 g/mol. The smallest absolute Gasteiger partial charge is 0.251 e. The van der Waals surface area contributed by atoms with Crippen molar-refractivity contribution in [2.24, 2.45) is 0 Å². The lowest BCUT2D eigenvalue weighted by Gasteiger charge is -2.04. The van der Waals surface area contributed by atoms with E-state index in [0.29, 0.717) is 16.3 Å². The van der Waals surface area contributed by atoms with Crippen LogP contribution < -0.4 is 10.1 Å². The zero-order valence-corrected chi connectivity index (χ0v) is 8.18. The number of nitrogens with one attached hydrogen (secondary N) is 1. The maximum absolute atomic E-state index is 11.2. The molecule has 3 nitrogen and oxygen atoms in total. The van der Waals surface area contributed by atoms with E-state index in [4.69, 9.17) is 16.3 Å². The van der Waals surface area contributed by atoms with Gasteiger partial charge in [0.25, 0.3) is 5.91 Å². The number of halogens is 1. The van der Waals surface area contributed by atoms with E-state index in [-0.39, 0.29) is 5.91 Å². The Bertz CT molecular complexity index is 325. The first kappa shape index (κ1) is 9.86. The summed E-state index contributed by atoms with van der Waals surface area (Å²) in [7, 11) is 3.09. The van der Waals surface area contributed by atoms with Crippen LogP contribution in [-0.4, -0.2) is 20.1 Å². The van der Waals surface area contributed by atoms with Crippen LogP contribution in [0.25, 0.3) is 0 Å². The summed E-state index contributed by atoms with van der Waals surface area (Å²) in [4.78, 5) is 11.2. The number of hydrogen-bond acceptors (Lipinski definition) is 2. The number of benzene rings is 1. The molecule has 0 fully saturated rings. The van der Waals surface area contributed by atoms with E-state index >= 15 is 0 Å². The summed E-state index contributed by atoms with van der Waals surface area (Å²) in [6.07, 6.45) is 0. The molecule has 1 aromatic rings. The number of carbonyl (C=O) groups excluding carboxylic acids is 1. The summed E-state index contributed by atoms with van der Waals surface area (Å²) in [5.41, 5.74) is 0.492. The number of carbonyl (C=O) groups is 1. The molecule has 0 aliphatic carbocycles. The highest BCUT2D eigenvalue weighted by atomic mass is 35.5.